The molecule has 0 aromatic heterocycles. The van der Waals surface area contributed by atoms with Gasteiger partial charge in [-0.2, -0.15) is 0 Å². The van der Waals surface area contributed by atoms with Gasteiger partial charge in [0.2, 0.25) is 5.91 Å². The summed E-state index contributed by atoms with van der Waals surface area (Å²) in [5, 5.41) is 13.6. The number of benzene rings is 3. The van der Waals surface area contributed by atoms with Crippen LogP contribution in [0.4, 0.5) is 5.69 Å². The molecule has 0 bridgehead atoms. The normalized spacial score (nSPS) is 21.1. The van der Waals surface area contributed by atoms with E-state index >= 15 is 0 Å². The number of likely N-dealkylation sites (tertiary alicyclic amines) is 1. The van der Waals surface area contributed by atoms with E-state index in [2.05, 4.69) is 28.4 Å². The highest BCUT2D eigenvalue weighted by Gasteiger charge is 2.41. The van der Waals surface area contributed by atoms with E-state index < -0.39 is 11.5 Å². The van der Waals surface area contributed by atoms with E-state index in [1.54, 1.807) is 6.92 Å². The van der Waals surface area contributed by atoms with Crippen LogP contribution in [0.3, 0.4) is 0 Å². The molecule has 2 aliphatic rings. The summed E-state index contributed by atoms with van der Waals surface area (Å²) in [6.07, 6.45) is 8.48. The van der Waals surface area contributed by atoms with Crippen LogP contribution in [0.15, 0.2) is 102 Å². The van der Waals surface area contributed by atoms with Crippen molar-refractivity contribution >= 4 is 23.3 Å². The van der Waals surface area contributed by atoms with Crippen LogP contribution in [-0.4, -0.2) is 45.7 Å². The van der Waals surface area contributed by atoms with E-state index in [0.29, 0.717) is 17.0 Å². The molecule has 0 radical (unpaired) electrons. The lowest BCUT2D eigenvalue weighted by atomic mass is 9.79. The highest BCUT2D eigenvalue weighted by atomic mass is 16.4. The van der Waals surface area contributed by atoms with Crippen LogP contribution in [0.1, 0.15) is 55.7 Å². The Hall–Kier alpha value is -4.03. The number of carbonyl (C=O) groups is 2. The third kappa shape index (κ3) is 6.07. The van der Waals surface area contributed by atoms with Crippen molar-refractivity contribution in [1.29, 1.82) is 0 Å². The fourth-order valence-electron chi connectivity index (χ4n) is 5.82. The first-order valence-corrected chi connectivity index (χ1v) is 14.2. The number of nitrogens with zero attached hydrogens (tertiary/aromatic N) is 2. The Bertz CT molecular complexity index is 1390. The van der Waals surface area contributed by atoms with Gasteiger partial charge in [0.05, 0.1) is 17.4 Å². The summed E-state index contributed by atoms with van der Waals surface area (Å²) in [6, 6.07) is 27.2. The molecule has 3 aromatic carbocycles. The monoisotopic (exact) mass is 535 g/mol. The van der Waals surface area contributed by atoms with E-state index in [-0.39, 0.29) is 17.9 Å². The minimum absolute atomic E-state index is 0.0514. The van der Waals surface area contributed by atoms with Crippen LogP contribution < -0.4 is 5.32 Å². The van der Waals surface area contributed by atoms with Crippen LogP contribution in [0.25, 0.3) is 0 Å². The van der Waals surface area contributed by atoms with Crippen molar-refractivity contribution < 1.29 is 14.7 Å². The van der Waals surface area contributed by atoms with Gasteiger partial charge < -0.3 is 10.4 Å². The molecule has 1 amide bonds. The van der Waals surface area contributed by atoms with Gasteiger partial charge in [0.15, 0.2) is 5.54 Å². The average Bonchev–Trinajstić information content (AvgIpc) is 3.46. The third-order valence-corrected chi connectivity index (χ3v) is 8.14. The number of aliphatic carboxylic acids is 1. The molecule has 0 saturated carbocycles. The fraction of sp³-hybridized carbons (Fsp3) is 0.324. The summed E-state index contributed by atoms with van der Waals surface area (Å²) in [7, 11) is 0. The number of carboxylic acid groups (broad SMARTS) is 1. The largest absolute Gasteiger partial charge is 0.479 e. The molecule has 3 aromatic rings. The molecule has 40 heavy (non-hydrogen) atoms. The van der Waals surface area contributed by atoms with E-state index in [0.717, 1.165) is 50.8 Å². The first kappa shape index (κ1) is 27.5. The van der Waals surface area contributed by atoms with Crippen molar-refractivity contribution in [1.82, 2.24) is 4.90 Å². The van der Waals surface area contributed by atoms with Crippen molar-refractivity contribution in [2.75, 3.05) is 11.9 Å². The number of amides is 1. The van der Waals surface area contributed by atoms with Gasteiger partial charge in [-0.1, -0.05) is 91.0 Å². The molecule has 5 rings (SSSR count). The highest BCUT2D eigenvalue weighted by molar-refractivity contribution is 6.18. The molecule has 2 N–H and O–H groups in total. The van der Waals surface area contributed by atoms with Gasteiger partial charge in [0.1, 0.15) is 0 Å². The molecule has 3 unspecified atom stereocenters. The highest BCUT2D eigenvalue weighted by Crippen LogP contribution is 2.34. The van der Waals surface area contributed by atoms with Crippen LogP contribution >= 0.6 is 0 Å². The number of carboxylic acids is 1. The molecule has 6 nitrogen and oxygen atoms in total. The zero-order valence-electron chi connectivity index (χ0n) is 23.0. The summed E-state index contributed by atoms with van der Waals surface area (Å²) >= 11 is 0. The maximum atomic E-state index is 13.7. The topological polar surface area (TPSA) is 82.0 Å². The Labute approximate surface area is 236 Å². The van der Waals surface area contributed by atoms with E-state index in [1.807, 2.05) is 78.9 Å². The van der Waals surface area contributed by atoms with E-state index in [9.17, 15) is 14.7 Å². The Morgan fingerprint density at radius 1 is 0.950 bits per heavy atom. The number of hydrogen-bond donors (Lipinski definition) is 2. The first-order chi connectivity index (χ1) is 19.5. The molecule has 1 aliphatic heterocycles. The lowest BCUT2D eigenvalue weighted by Gasteiger charge is -2.31. The number of aliphatic imine (C=N–C) groups is 1. The van der Waals surface area contributed by atoms with Crippen LogP contribution in [-0.2, 0) is 16.1 Å². The number of para-hydroxylation sites is 1. The molecule has 206 valence electrons. The maximum absolute atomic E-state index is 13.7. The molecular formula is C34H37N3O3. The molecular weight excluding hydrogens is 498 g/mol. The Morgan fingerprint density at radius 2 is 1.65 bits per heavy atom. The van der Waals surface area contributed by atoms with Crippen molar-refractivity contribution in [3.05, 3.63) is 114 Å². The van der Waals surface area contributed by atoms with Crippen molar-refractivity contribution in [3.63, 3.8) is 0 Å². The summed E-state index contributed by atoms with van der Waals surface area (Å²) in [5.41, 5.74) is 2.55. The van der Waals surface area contributed by atoms with Crippen molar-refractivity contribution in [2.24, 2.45) is 10.9 Å². The van der Waals surface area contributed by atoms with E-state index in [1.165, 1.54) is 5.56 Å². The molecule has 1 aliphatic carbocycles. The molecule has 1 heterocycles. The van der Waals surface area contributed by atoms with Crippen LogP contribution in [0, 0.1) is 5.92 Å². The van der Waals surface area contributed by atoms with Gasteiger partial charge >= 0.3 is 5.97 Å². The summed E-state index contributed by atoms with van der Waals surface area (Å²) in [6.45, 7) is 3.31. The SMILES string of the molecule is CC(N=C(c1ccccc1)c1ccccc1NC(=O)C1CCCN1Cc1ccccc1)(C(=O)O)C1C=CCCC1. The number of allylic oxidation sites excluding steroid dienone is 1. The zero-order valence-corrected chi connectivity index (χ0v) is 23.0. The van der Waals surface area contributed by atoms with Gasteiger partial charge in [0.25, 0.3) is 0 Å². The minimum atomic E-state index is -1.35. The maximum Gasteiger partial charge on any atom is 0.331 e. The lowest BCUT2D eigenvalue weighted by Crippen LogP contribution is -2.42. The van der Waals surface area contributed by atoms with Gasteiger partial charge in [-0.25, -0.2) is 4.79 Å². The molecule has 1 fully saturated rings. The summed E-state index contributed by atoms with van der Waals surface area (Å²) in [5.74, 6) is -1.23. The zero-order chi connectivity index (χ0) is 28.0. The van der Waals surface area contributed by atoms with Crippen LogP contribution in [0.5, 0.6) is 0 Å². The number of anilines is 1. The second-order valence-electron chi connectivity index (χ2n) is 10.9. The predicted octanol–water partition coefficient (Wildman–Crippen LogP) is 6.33. The average molecular weight is 536 g/mol. The lowest BCUT2D eigenvalue weighted by molar-refractivity contribution is -0.144. The van der Waals surface area contributed by atoms with Crippen molar-refractivity contribution in [3.8, 4) is 0 Å². The Kier molecular flexibility index (Phi) is 8.56. The number of carbonyl (C=O) groups excluding carboxylic acids is 1. The van der Waals surface area contributed by atoms with Gasteiger partial charge in [0, 0.05) is 23.6 Å². The fourth-order valence-corrected chi connectivity index (χ4v) is 5.82. The van der Waals surface area contributed by atoms with Gasteiger partial charge in [-0.15, -0.1) is 0 Å². The number of hydrogen-bond acceptors (Lipinski definition) is 4. The molecule has 6 heteroatoms. The van der Waals surface area contributed by atoms with E-state index in [4.69, 9.17) is 4.99 Å². The Balaban J connectivity index is 1.49. The summed E-state index contributed by atoms with van der Waals surface area (Å²) in [4.78, 5) is 33.6. The van der Waals surface area contributed by atoms with Gasteiger partial charge in [-0.3, -0.25) is 14.7 Å². The minimum Gasteiger partial charge on any atom is -0.479 e. The second kappa shape index (κ2) is 12.4. The van der Waals surface area contributed by atoms with Crippen molar-refractivity contribution in [2.45, 2.75) is 57.2 Å². The quantitative estimate of drug-likeness (QED) is 0.248. The Morgan fingerprint density at radius 3 is 2.35 bits per heavy atom. The number of rotatable bonds is 9. The van der Waals surface area contributed by atoms with Crippen LogP contribution in [0.2, 0.25) is 0 Å². The second-order valence-corrected chi connectivity index (χ2v) is 10.9. The molecule has 0 spiro atoms. The number of nitrogens with one attached hydrogen (secondary N) is 1. The van der Waals surface area contributed by atoms with Gasteiger partial charge in [-0.05, 0) is 57.2 Å². The summed E-state index contributed by atoms with van der Waals surface area (Å²) < 4.78 is 0. The smallest absolute Gasteiger partial charge is 0.331 e. The molecule has 1 saturated heterocycles. The first-order valence-electron chi connectivity index (χ1n) is 14.2. The third-order valence-electron chi connectivity index (χ3n) is 8.14. The molecule has 3 atom stereocenters. The predicted molar refractivity (Wildman–Crippen MR) is 160 cm³/mol. The standard InChI is InChI=1S/C34H37N3O3/c1-34(33(39)40,27-18-9-4-10-19-27)36-31(26-16-7-3-8-17-26)28-20-11-12-21-29(28)35-32(38)30-22-13-23-37(30)24-25-14-5-2-6-15-25/h2-3,5-9,11-12,14-18,20-21,27,30H,4,10,13,19,22-24H2,1H3,(H,35,38)(H,39,40).